The van der Waals surface area contributed by atoms with Crippen molar-refractivity contribution in [2.75, 3.05) is 6.61 Å². The molecule has 2 N–H and O–H groups in total. The summed E-state index contributed by atoms with van der Waals surface area (Å²) in [6.45, 7) is 6.06. The Hall–Kier alpha value is -2.12. The lowest BCUT2D eigenvalue weighted by Crippen LogP contribution is -2.49. The summed E-state index contributed by atoms with van der Waals surface area (Å²) >= 11 is 0. The molecule has 0 unspecified atom stereocenters. The van der Waals surface area contributed by atoms with E-state index >= 15 is 0 Å². The average Bonchev–Trinajstić information content (AvgIpc) is 2.62. The molecule has 0 bridgehead atoms. The molecule has 0 aliphatic heterocycles. The molecule has 0 spiro atoms. The molecule has 0 saturated carbocycles. The number of amides is 1. The van der Waals surface area contributed by atoms with Crippen molar-refractivity contribution in [1.29, 1.82) is 0 Å². The lowest BCUT2D eigenvalue weighted by Gasteiger charge is -2.26. The molecule has 0 aliphatic rings. The monoisotopic (exact) mass is 415 g/mol. The number of carbonyl (C=O) groups is 4. The van der Waals surface area contributed by atoms with Crippen molar-refractivity contribution in [3.8, 4) is 0 Å². The van der Waals surface area contributed by atoms with E-state index in [4.69, 9.17) is 14.6 Å². The summed E-state index contributed by atoms with van der Waals surface area (Å²) in [5.41, 5.74) is 0. The van der Waals surface area contributed by atoms with Crippen LogP contribution in [0.5, 0.6) is 0 Å². The molecule has 0 aliphatic carbocycles. The largest absolute Gasteiger partial charge is 0.481 e. The first-order valence-electron chi connectivity index (χ1n) is 10.5. The third kappa shape index (κ3) is 14.5. The molecule has 3 atom stereocenters. The van der Waals surface area contributed by atoms with E-state index in [2.05, 4.69) is 12.2 Å². The van der Waals surface area contributed by atoms with Crippen molar-refractivity contribution in [2.45, 2.75) is 97.6 Å². The zero-order valence-corrected chi connectivity index (χ0v) is 18.2. The number of esters is 2. The Balaban J connectivity index is 4.78. The van der Waals surface area contributed by atoms with E-state index in [0.717, 1.165) is 25.7 Å². The van der Waals surface area contributed by atoms with Gasteiger partial charge in [-0.2, -0.15) is 0 Å². The second kappa shape index (κ2) is 15.8. The van der Waals surface area contributed by atoms with E-state index in [0.29, 0.717) is 6.42 Å². The molecule has 0 aromatic carbocycles. The Bertz CT molecular complexity index is 521. The van der Waals surface area contributed by atoms with E-state index in [-0.39, 0.29) is 13.0 Å². The number of ether oxygens (including phenoxy) is 2. The predicted octanol–water partition coefficient (Wildman–Crippen LogP) is 3.22. The third-order valence-corrected chi connectivity index (χ3v) is 4.66. The van der Waals surface area contributed by atoms with Crippen LogP contribution in [-0.2, 0) is 28.7 Å². The maximum Gasteiger partial charge on any atom is 0.304 e. The van der Waals surface area contributed by atoms with Crippen molar-refractivity contribution in [1.82, 2.24) is 5.32 Å². The van der Waals surface area contributed by atoms with Crippen molar-refractivity contribution >= 4 is 23.8 Å². The lowest BCUT2D eigenvalue weighted by molar-refractivity contribution is -0.151. The van der Waals surface area contributed by atoms with Crippen molar-refractivity contribution in [2.24, 2.45) is 5.92 Å². The fourth-order valence-corrected chi connectivity index (χ4v) is 3.03. The number of carbonyl (C=O) groups excluding carboxylic acids is 3. The van der Waals surface area contributed by atoms with Crippen LogP contribution in [0.2, 0.25) is 0 Å². The van der Waals surface area contributed by atoms with Gasteiger partial charge < -0.3 is 19.9 Å². The Labute approximate surface area is 173 Å². The van der Waals surface area contributed by atoms with Gasteiger partial charge in [-0.15, -0.1) is 0 Å². The molecule has 0 saturated heterocycles. The molecule has 1 amide bonds. The van der Waals surface area contributed by atoms with Crippen LogP contribution in [0.25, 0.3) is 0 Å². The molecule has 0 heterocycles. The molecule has 0 fully saturated rings. The third-order valence-electron chi connectivity index (χ3n) is 4.66. The van der Waals surface area contributed by atoms with Gasteiger partial charge in [-0.1, -0.05) is 51.9 Å². The number of carboxylic acids is 1. The number of hydrogen-bond donors (Lipinski definition) is 2. The second-order valence-electron chi connectivity index (χ2n) is 7.44. The van der Waals surface area contributed by atoms with Gasteiger partial charge in [-0.05, 0) is 13.3 Å². The summed E-state index contributed by atoms with van der Waals surface area (Å²) in [5, 5.41) is 11.8. The quantitative estimate of drug-likeness (QED) is 0.293. The number of unbranched alkanes of at least 4 members (excludes halogenated alkanes) is 6. The molecule has 0 radical (unpaired) electrons. The van der Waals surface area contributed by atoms with Gasteiger partial charge in [-0.25, -0.2) is 0 Å². The van der Waals surface area contributed by atoms with Crippen molar-refractivity contribution in [3.63, 3.8) is 0 Å². The van der Waals surface area contributed by atoms with Gasteiger partial charge in [0.05, 0.1) is 12.5 Å². The topological polar surface area (TPSA) is 119 Å². The van der Waals surface area contributed by atoms with Crippen LogP contribution in [0.1, 0.15) is 85.5 Å². The molecular weight excluding hydrogens is 378 g/mol. The summed E-state index contributed by atoms with van der Waals surface area (Å²) in [6.07, 6.45) is 7.00. The highest BCUT2D eigenvalue weighted by Gasteiger charge is 2.28. The van der Waals surface area contributed by atoms with Crippen LogP contribution in [0, 0.1) is 5.92 Å². The first kappa shape index (κ1) is 26.9. The van der Waals surface area contributed by atoms with Crippen LogP contribution >= 0.6 is 0 Å². The Morgan fingerprint density at radius 3 is 2.03 bits per heavy atom. The van der Waals surface area contributed by atoms with Crippen LogP contribution < -0.4 is 5.32 Å². The number of rotatable bonds is 16. The summed E-state index contributed by atoms with van der Waals surface area (Å²) in [4.78, 5) is 46.2. The maximum atomic E-state index is 12.7. The number of hydrogen-bond acceptors (Lipinski definition) is 6. The van der Waals surface area contributed by atoms with E-state index in [1.807, 2.05) is 0 Å². The van der Waals surface area contributed by atoms with Crippen LogP contribution in [0.15, 0.2) is 0 Å². The van der Waals surface area contributed by atoms with Crippen LogP contribution in [-0.4, -0.2) is 47.7 Å². The molecular formula is C21H37NO7. The Morgan fingerprint density at radius 1 is 0.931 bits per heavy atom. The average molecular weight is 416 g/mol. The molecule has 168 valence electrons. The van der Waals surface area contributed by atoms with Crippen LogP contribution in [0.3, 0.4) is 0 Å². The Kier molecular flexibility index (Phi) is 14.6. The zero-order valence-electron chi connectivity index (χ0n) is 18.2. The minimum atomic E-state index is -1.04. The first-order chi connectivity index (χ1) is 13.7. The van der Waals surface area contributed by atoms with Gasteiger partial charge >= 0.3 is 17.9 Å². The highest BCUT2D eigenvalue weighted by atomic mass is 16.6. The summed E-state index contributed by atoms with van der Waals surface area (Å²) in [7, 11) is 0. The highest BCUT2D eigenvalue weighted by Crippen LogP contribution is 2.17. The SMILES string of the molecule is CCCCCCCCC[C@H](CC(=O)O)C(=O)N[C@H](COC(C)=O)[C@@H](C)OC(C)=O. The number of nitrogens with one attached hydrogen (secondary N) is 1. The van der Waals surface area contributed by atoms with E-state index in [1.54, 1.807) is 6.92 Å². The van der Waals surface area contributed by atoms with E-state index < -0.39 is 41.9 Å². The summed E-state index contributed by atoms with van der Waals surface area (Å²) < 4.78 is 10.0. The van der Waals surface area contributed by atoms with Gasteiger partial charge in [-0.3, -0.25) is 19.2 Å². The number of carboxylic acid groups (broad SMARTS) is 1. The minimum absolute atomic E-state index is 0.160. The number of aliphatic carboxylic acids is 1. The lowest BCUT2D eigenvalue weighted by atomic mass is 9.95. The molecule has 8 heteroatoms. The van der Waals surface area contributed by atoms with Crippen molar-refractivity contribution < 1.29 is 33.8 Å². The first-order valence-corrected chi connectivity index (χ1v) is 10.5. The summed E-state index contributed by atoms with van der Waals surface area (Å²) in [6, 6.07) is -0.749. The molecule has 0 aromatic rings. The zero-order chi connectivity index (χ0) is 22.2. The molecule has 0 aromatic heterocycles. The fraction of sp³-hybridized carbons (Fsp3) is 0.810. The smallest absolute Gasteiger partial charge is 0.304 e. The van der Waals surface area contributed by atoms with Crippen molar-refractivity contribution in [3.05, 3.63) is 0 Å². The predicted molar refractivity (Wildman–Crippen MR) is 108 cm³/mol. The van der Waals surface area contributed by atoms with E-state index in [1.165, 1.54) is 33.1 Å². The van der Waals surface area contributed by atoms with E-state index in [9.17, 15) is 19.2 Å². The molecule has 29 heavy (non-hydrogen) atoms. The standard InChI is InChI=1S/C21H37NO7/c1-5-6-7-8-9-10-11-12-18(13-20(25)26)21(27)22-19(14-28-16(3)23)15(2)29-17(4)24/h15,18-19H,5-14H2,1-4H3,(H,22,27)(H,25,26)/t15-,18-,19-/m1/s1. The molecule has 0 rings (SSSR count). The highest BCUT2D eigenvalue weighted by molar-refractivity contribution is 5.83. The van der Waals surface area contributed by atoms with Gasteiger partial charge in [0.1, 0.15) is 12.7 Å². The van der Waals surface area contributed by atoms with Gasteiger partial charge in [0.2, 0.25) is 5.91 Å². The van der Waals surface area contributed by atoms with Gasteiger partial charge in [0.25, 0.3) is 0 Å². The maximum absolute atomic E-state index is 12.7. The van der Waals surface area contributed by atoms with Gasteiger partial charge in [0, 0.05) is 19.8 Å². The van der Waals surface area contributed by atoms with Gasteiger partial charge in [0.15, 0.2) is 0 Å². The minimum Gasteiger partial charge on any atom is -0.481 e. The normalized spacial score (nSPS) is 13.8. The molecule has 8 nitrogen and oxygen atoms in total. The summed E-state index contributed by atoms with van der Waals surface area (Å²) in [5.74, 6) is -3.21. The second-order valence-corrected chi connectivity index (χ2v) is 7.44. The fourth-order valence-electron chi connectivity index (χ4n) is 3.03. The van der Waals surface area contributed by atoms with Crippen LogP contribution in [0.4, 0.5) is 0 Å². The Morgan fingerprint density at radius 2 is 1.52 bits per heavy atom.